The van der Waals surface area contributed by atoms with Gasteiger partial charge in [-0.1, -0.05) is 6.92 Å². The number of carbonyl (C=O) groups excluding carboxylic acids is 1. The SMILES string of the molecule is CCN(CC(=O)O)C1CC(NC(=O)NCCC(C)OC)C1. The van der Waals surface area contributed by atoms with Gasteiger partial charge in [-0.2, -0.15) is 0 Å². The molecule has 1 unspecified atom stereocenters. The lowest BCUT2D eigenvalue weighted by atomic mass is 9.85. The second-order valence-corrected chi connectivity index (χ2v) is 5.51. The number of carboxylic acids is 1. The number of likely N-dealkylation sites (N-methyl/N-ethyl adjacent to an activating group) is 1. The Morgan fingerprint density at radius 2 is 2.10 bits per heavy atom. The normalized spacial score (nSPS) is 22.5. The highest BCUT2D eigenvalue weighted by Crippen LogP contribution is 2.25. The quantitative estimate of drug-likeness (QED) is 0.581. The van der Waals surface area contributed by atoms with E-state index in [1.165, 1.54) is 0 Å². The van der Waals surface area contributed by atoms with E-state index >= 15 is 0 Å². The monoisotopic (exact) mass is 301 g/mol. The minimum Gasteiger partial charge on any atom is -0.480 e. The van der Waals surface area contributed by atoms with Crippen LogP contribution < -0.4 is 10.6 Å². The second-order valence-electron chi connectivity index (χ2n) is 5.51. The van der Waals surface area contributed by atoms with Crippen LogP contribution in [0.3, 0.4) is 0 Å². The second kappa shape index (κ2) is 8.84. The van der Waals surface area contributed by atoms with Crippen molar-refractivity contribution in [3.8, 4) is 0 Å². The van der Waals surface area contributed by atoms with Crippen molar-refractivity contribution in [2.75, 3.05) is 26.7 Å². The van der Waals surface area contributed by atoms with Crippen LogP contribution in [0, 0.1) is 0 Å². The standard InChI is InChI=1S/C14H27N3O4/c1-4-17(9-13(18)19)12-7-11(8-12)16-14(20)15-6-5-10(2)21-3/h10-12H,4-9H2,1-3H3,(H,18,19)(H2,15,16,20). The molecule has 0 aromatic heterocycles. The van der Waals surface area contributed by atoms with Gasteiger partial charge in [-0.15, -0.1) is 0 Å². The number of amides is 2. The number of nitrogens with zero attached hydrogens (tertiary/aromatic N) is 1. The van der Waals surface area contributed by atoms with Crippen molar-refractivity contribution in [1.82, 2.24) is 15.5 Å². The summed E-state index contributed by atoms with van der Waals surface area (Å²) < 4.78 is 5.10. The lowest BCUT2D eigenvalue weighted by Crippen LogP contribution is -2.56. The van der Waals surface area contributed by atoms with Crippen molar-refractivity contribution < 1.29 is 19.4 Å². The predicted molar refractivity (Wildman–Crippen MR) is 79.3 cm³/mol. The number of methoxy groups -OCH3 is 1. The molecule has 1 atom stereocenters. The summed E-state index contributed by atoms with van der Waals surface area (Å²) in [5, 5.41) is 14.5. The van der Waals surface area contributed by atoms with E-state index in [0.29, 0.717) is 13.1 Å². The van der Waals surface area contributed by atoms with Gasteiger partial charge in [0.05, 0.1) is 12.6 Å². The van der Waals surface area contributed by atoms with Crippen molar-refractivity contribution in [3.63, 3.8) is 0 Å². The van der Waals surface area contributed by atoms with Gasteiger partial charge in [-0.3, -0.25) is 9.69 Å². The molecular formula is C14H27N3O4. The summed E-state index contributed by atoms with van der Waals surface area (Å²) in [5.41, 5.74) is 0. The van der Waals surface area contributed by atoms with Gasteiger partial charge in [0.25, 0.3) is 0 Å². The number of carboxylic acid groups (broad SMARTS) is 1. The zero-order valence-electron chi connectivity index (χ0n) is 13.1. The molecule has 0 heterocycles. The fraction of sp³-hybridized carbons (Fsp3) is 0.857. The molecule has 7 heteroatoms. The molecule has 0 saturated heterocycles. The number of urea groups is 1. The van der Waals surface area contributed by atoms with E-state index in [2.05, 4.69) is 10.6 Å². The summed E-state index contributed by atoms with van der Waals surface area (Å²) in [5.74, 6) is -0.807. The van der Waals surface area contributed by atoms with Gasteiger partial charge in [0.1, 0.15) is 0 Å². The molecular weight excluding hydrogens is 274 g/mol. The molecule has 1 rings (SSSR count). The zero-order valence-corrected chi connectivity index (χ0v) is 13.1. The average molecular weight is 301 g/mol. The first-order valence-corrected chi connectivity index (χ1v) is 7.49. The molecule has 1 aliphatic rings. The molecule has 122 valence electrons. The van der Waals surface area contributed by atoms with Gasteiger partial charge >= 0.3 is 12.0 Å². The highest BCUT2D eigenvalue weighted by atomic mass is 16.5. The van der Waals surface area contributed by atoms with Crippen LogP contribution in [0.1, 0.15) is 33.1 Å². The Hall–Kier alpha value is -1.34. The van der Waals surface area contributed by atoms with E-state index in [9.17, 15) is 9.59 Å². The first-order chi connectivity index (χ1) is 9.96. The summed E-state index contributed by atoms with van der Waals surface area (Å²) in [6, 6.07) is 0.227. The molecule has 0 bridgehead atoms. The molecule has 7 nitrogen and oxygen atoms in total. The van der Waals surface area contributed by atoms with Crippen LogP contribution in [0.15, 0.2) is 0 Å². The van der Waals surface area contributed by atoms with Gasteiger partial charge in [0.2, 0.25) is 0 Å². The number of nitrogens with one attached hydrogen (secondary N) is 2. The highest BCUT2D eigenvalue weighted by Gasteiger charge is 2.34. The van der Waals surface area contributed by atoms with E-state index in [1.807, 2.05) is 18.7 Å². The number of rotatable bonds is 9. The molecule has 0 spiro atoms. The fourth-order valence-corrected chi connectivity index (χ4v) is 2.42. The Morgan fingerprint density at radius 3 is 2.62 bits per heavy atom. The molecule has 0 aromatic rings. The van der Waals surface area contributed by atoms with Crippen molar-refractivity contribution >= 4 is 12.0 Å². The summed E-state index contributed by atoms with van der Waals surface area (Å²) >= 11 is 0. The van der Waals surface area contributed by atoms with Gasteiger partial charge in [-0.05, 0) is 32.7 Å². The van der Waals surface area contributed by atoms with Crippen molar-refractivity contribution in [2.24, 2.45) is 0 Å². The smallest absolute Gasteiger partial charge is 0.317 e. The first-order valence-electron chi connectivity index (χ1n) is 7.49. The third kappa shape index (κ3) is 6.31. The summed E-state index contributed by atoms with van der Waals surface area (Å²) in [6.07, 6.45) is 2.53. The van der Waals surface area contributed by atoms with Crippen LogP contribution in [0.5, 0.6) is 0 Å². The van der Waals surface area contributed by atoms with Crippen molar-refractivity contribution in [1.29, 1.82) is 0 Å². The Bertz CT molecular complexity index is 345. The first kappa shape index (κ1) is 17.7. The third-order valence-corrected chi connectivity index (χ3v) is 3.95. The minimum absolute atomic E-state index is 0.0645. The molecule has 0 aromatic carbocycles. The van der Waals surface area contributed by atoms with E-state index in [1.54, 1.807) is 7.11 Å². The molecule has 21 heavy (non-hydrogen) atoms. The zero-order chi connectivity index (χ0) is 15.8. The third-order valence-electron chi connectivity index (χ3n) is 3.95. The van der Waals surface area contributed by atoms with Gasteiger partial charge in [-0.25, -0.2) is 4.79 Å². The average Bonchev–Trinajstić information content (AvgIpc) is 2.39. The van der Waals surface area contributed by atoms with Crippen LogP contribution in [0.2, 0.25) is 0 Å². The van der Waals surface area contributed by atoms with Gasteiger partial charge < -0.3 is 20.5 Å². The van der Waals surface area contributed by atoms with Gasteiger partial charge in [0.15, 0.2) is 0 Å². The summed E-state index contributed by atoms with van der Waals surface area (Å²) in [4.78, 5) is 24.3. The maximum absolute atomic E-state index is 11.7. The van der Waals surface area contributed by atoms with E-state index in [-0.39, 0.29) is 30.8 Å². The van der Waals surface area contributed by atoms with Crippen molar-refractivity contribution in [3.05, 3.63) is 0 Å². The Labute approximate surface area is 126 Å². The summed E-state index contributed by atoms with van der Waals surface area (Å²) in [6.45, 7) is 5.27. The molecule has 1 aliphatic carbocycles. The molecule has 3 N–H and O–H groups in total. The fourth-order valence-electron chi connectivity index (χ4n) is 2.42. The summed E-state index contributed by atoms with van der Waals surface area (Å²) in [7, 11) is 1.65. The Kier molecular flexibility index (Phi) is 7.45. The van der Waals surface area contributed by atoms with Crippen LogP contribution in [-0.2, 0) is 9.53 Å². The van der Waals surface area contributed by atoms with Crippen LogP contribution >= 0.6 is 0 Å². The van der Waals surface area contributed by atoms with Crippen LogP contribution in [0.25, 0.3) is 0 Å². The Balaban J connectivity index is 2.16. The minimum atomic E-state index is -0.807. The predicted octanol–water partition coefficient (Wildman–Crippen LogP) is 0.648. The topological polar surface area (TPSA) is 90.9 Å². The number of carbonyl (C=O) groups is 2. The maximum Gasteiger partial charge on any atom is 0.317 e. The number of aliphatic carboxylic acids is 1. The molecule has 1 saturated carbocycles. The number of hydrogen-bond donors (Lipinski definition) is 3. The number of ether oxygens (including phenoxy) is 1. The van der Waals surface area contributed by atoms with E-state index in [0.717, 1.165) is 19.3 Å². The molecule has 0 radical (unpaired) electrons. The van der Waals surface area contributed by atoms with E-state index in [4.69, 9.17) is 9.84 Å². The molecule has 2 amide bonds. The Morgan fingerprint density at radius 1 is 1.43 bits per heavy atom. The van der Waals surface area contributed by atoms with E-state index < -0.39 is 5.97 Å². The lowest BCUT2D eigenvalue weighted by Gasteiger charge is -2.42. The highest BCUT2D eigenvalue weighted by molar-refractivity contribution is 5.74. The van der Waals surface area contributed by atoms with Crippen LogP contribution in [-0.4, -0.2) is 66.9 Å². The van der Waals surface area contributed by atoms with Gasteiger partial charge in [0, 0.05) is 25.7 Å². The molecule has 1 fully saturated rings. The largest absolute Gasteiger partial charge is 0.480 e. The maximum atomic E-state index is 11.7. The number of hydrogen-bond acceptors (Lipinski definition) is 4. The molecule has 0 aliphatic heterocycles. The van der Waals surface area contributed by atoms with Crippen molar-refractivity contribution in [2.45, 2.75) is 51.3 Å². The lowest BCUT2D eigenvalue weighted by molar-refractivity contribution is -0.139. The van der Waals surface area contributed by atoms with Crippen LogP contribution in [0.4, 0.5) is 4.79 Å².